The highest BCUT2D eigenvalue weighted by molar-refractivity contribution is 5.91. The number of rotatable bonds is 2. The summed E-state index contributed by atoms with van der Waals surface area (Å²) >= 11 is 0. The van der Waals surface area contributed by atoms with Gasteiger partial charge in [-0.2, -0.15) is 0 Å². The summed E-state index contributed by atoms with van der Waals surface area (Å²) in [7, 11) is 0. The third kappa shape index (κ3) is 3.13. The van der Waals surface area contributed by atoms with Crippen molar-refractivity contribution in [1.29, 1.82) is 0 Å². The molecule has 0 N–H and O–H groups in total. The van der Waals surface area contributed by atoms with Crippen LogP contribution in [0, 0.1) is 29.1 Å². The maximum atomic E-state index is 11.8. The van der Waals surface area contributed by atoms with Crippen molar-refractivity contribution >= 4 is 17.7 Å². The molecule has 4 rings (SSSR count). The van der Waals surface area contributed by atoms with Crippen molar-refractivity contribution in [1.82, 2.24) is 0 Å². The summed E-state index contributed by atoms with van der Waals surface area (Å²) in [5, 5.41) is 0. The number of carbonyl (C=O) groups is 3. The van der Waals surface area contributed by atoms with Crippen LogP contribution in [-0.4, -0.2) is 29.9 Å². The summed E-state index contributed by atoms with van der Waals surface area (Å²) in [5.74, 6) is 1.75. The molecule has 3 saturated carbocycles. The second-order valence-corrected chi connectivity index (χ2v) is 9.26. The maximum absolute atomic E-state index is 11.8. The third-order valence-corrected chi connectivity index (χ3v) is 7.82. The van der Waals surface area contributed by atoms with Crippen molar-refractivity contribution in [3.63, 3.8) is 0 Å². The lowest BCUT2D eigenvalue weighted by atomic mass is 9.52. The summed E-state index contributed by atoms with van der Waals surface area (Å²) in [4.78, 5) is 35.2. The van der Waals surface area contributed by atoms with E-state index in [1.54, 1.807) is 0 Å². The predicted molar refractivity (Wildman–Crippen MR) is 98.6 cm³/mol. The van der Waals surface area contributed by atoms with Gasteiger partial charge in [-0.3, -0.25) is 14.4 Å². The molecule has 0 aliphatic heterocycles. The Hall–Kier alpha value is -1.65. The van der Waals surface area contributed by atoms with E-state index in [-0.39, 0.29) is 35.3 Å². The number of allylic oxidation sites excluding steroid dienone is 1. The van der Waals surface area contributed by atoms with E-state index in [0.29, 0.717) is 30.1 Å². The first-order valence-electron chi connectivity index (χ1n) is 10.4. The molecule has 0 amide bonds. The van der Waals surface area contributed by atoms with Gasteiger partial charge < -0.3 is 9.47 Å². The number of ketones is 1. The number of carbonyl (C=O) groups excluding carboxylic acids is 3. The molecule has 5 nitrogen and oxygen atoms in total. The minimum Gasteiger partial charge on any atom is -0.459 e. The van der Waals surface area contributed by atoms with Gasteiger partial charge in [0.05, 0.1) is 0 Å². The molecular weight excluding hydrogens is 344 g/mol. The van der Waals surface area contributed by atoms with Crippen LogP contribution in [0.1, 0.15) is 65.7 Å². The topological polar surface area (TPSA) is 69.7 Å². The normalized spacial score (nSPS) is 43.1. The van der Waals surface area contributed by atoms with Crippen LogP contribution in [0.25, 0.3) is 0 Å². The van der Waals surface area contributed by atoms with Crippen molar-refractivity contribution in [2.75, 3.05) is 0 Å². The highest BCUT2D eigenvalue weighted by Crippen LogP contribution is 2.62. The highest BCUT2D eigenvalue weighted by Gasteiger charge is 2.61. The Morgan fingerprint density at radius 3 is 2.48 bits per heavy atom. The van der Waals surface area contributed by atoms with E-state index in [1.165, 1.54) is 19.4 Å². The first-order chi connectivity index (χ1) is 12.8. The monoisotopic (exact) mass is 374 g/mol. The second kappa shape index (κ2) is 6.75. The molecule has 0 spiro atoms. The zero-order chi connectivity index (χ0) is 19.3. The lowest BCUT2D eigenvalue weighted by molar-refractivity contribution is -0.172. The van der Waals surface area contributed by atoms with Crippen LogP contribution in [0.15, 0.2) is 11.6 Å². The lowest BCUT2D eigenvalue weighted by Crippen LogP contribution is -2.49. The van der Waals surface area contributed by atoms with Crippen LogP contribution in [0.5, 0.6) is 0 Å². The predicted octanol–water partition coefficient (Wildman–Crippen LogP) is 3.60. The summed E-state index contributed by atoms with van der Waals surface area (Å²) < 4.78 is 11.3. The molecule has 5 heteroatoms. The first kappa shape index (κ1) is 18.7. The first-order valence-corrected chi connectivity index (χ1v) is 10.4. The molecule has 3 fully saturated rings. The minimum absolute atomic E-state index is 0.140. The summed E-state index contributed by atoms with van der Waals surface area (Å²) in [5.41, 5.74) is 1.22. The molecule has 7 atom stereocenters. The lowest BCUT2D eigenvalue weighted by Gasteiger charge is -2.53. The van der Waals surface area contributed by atoms with Crippen molar-refractivity contribution in [3.8, 4) is 0 Å². The van der Waals surface area contributed by atoms with Crippen LogP contribution in [-0.2, 0) is 23.9 Å². The minimum atomic E-state index is -0.352. The summed E-state index contributed by atoms with van der Waals surface area (Å²) in [6.07, 6.45) is 7.81. The van der Waals surface area contributed by atoms with Crippen molar-refractivity contribution < 1.29 is 23.9 Å². The molecule has 0 radical (unpaired) electrons. The Balaban J connectivity index is 1.62. The van der Waals surface area contributed by atoms with Gasteiger partial charge in [0.1, 0.15) is 12.2 Å². The fourth-order valence-corrected chi connectivity index (χ4v) is 6.84. The quantitative estimate of drug-likeness (QED) is 0.691. The Morgan fingerprint density at radius 2 is 1.78 bits per heavy atom. The van der Waals surface area contributed by atoms with Crippen molar-refractivity contribution in [3.05, 3.63) is 11.6 Å². The Kier molecular flexibility index (Phi) is 4.68. The third-order valence-electron chi connectivity index (χ3n) is 7.82. The van der Waals surface area contributed by atoms with Crippen LogP contribution < -0.4 is 0 Å². The molecule has 148 valence electrons. The number of hydrogen-bond donors (Lipinski definition) is 0. The van der Waals surface area contributed by atoms with Crippen LogP contribution >= 0.6 is 0 Å². The molecule has 0 bridgehead atoms. The largest absolute Gasteiger partial charge is 0.459 e. The zero-order valence-corrected chi connectivity index (χ0v) is 16.5. The fraction of sp³-hybridized carbons (Fsp3) is 0.773. The fourth-order valence-electron chi connectivity index (χ4n) is 6.84. The van der Waals surface area contributed by atoms with Crippen LogP contribution in [0.3, 0.4) is 0 Å². The van der Waals surface area contributed by atoms with E-state index in [4.69, 9.17) is 9.47 Å². The van der Waals surface area contributed by atoms with Gasteiger partial charge in [-0.15, -0.1) is 0 Å². The Bertz CT molecular complexity index is 695. The molecule has 0 heterocycles. The standard InChI is InChI=1S/C22H30O5/c1-12(23)26-20-11-19-18-6-4-14-10-15(25)5-7-16(14)17(18)8-9-22(19,3)21(20)27-13(2)24/h10,16-21H,4-9,11H2,1-3H3. The highest BCUT2D eigenvalue weighted by atomic mass is 16.6. The van der Waals surface area contributed by atoms with E-state index in [1.807, 2.05) is 6.08 Å². The second-order valence-electron chi connectivity index (χ2n) is 9.26. The van der Waals surface area contributed by atoms with Gasteiger partial charge in [0, 0.05) is 25.7 Å². The van der Waals surface area contributed by atoms with Crippen LogP contribution in [0.4, 0.5) is 0 Å². The van der Waals surface area contributed by atoms with E-state index < -0.39 is 0 Å². The molecule has 0 aromatic heterocycles. The molecule has 27 heavy (non-hydrogen) atoms. The molecule has 0 saturated heterocycles. The van der Waals surface area contributed by atoms with Gasteiger partial charge in [-0.25, -0.2) is 0 Å². The van der Waals surface area contributed by atoms with Crippen molar-refractivity contribution in [2.45, 2.75) is 77.9 Å². The molecule has 4 aliphatic rings. The van der Waals surface area contributed by atoms with E-state index in [9.17, 15) is 14.4 Å². The van der Waals surface area contributed by atoms with Gasteiger partial charge in [-0.1, -0.05) is 12.5 Å². The van der Waals surface area contributed by atoms with Crippen molar-refractivity contribution in [2.24, 2.45) is 29.1 Å². The van der Waals surface area contributed by atoms with Crippen LogP contribution in [0.2, 0.25) is 0 Å². The molecule has 4 aliphatic carbocycles. The van der Waals surface area contributed by atoms with E-state index >= 15 is 0 Å². The molecular formula is C22H30O5. The Labute approximate surface area is 160 Å². The SMILES string of the molecule is CC(=O)OC1CC2C3CCC4=CC(=O)CCC4C3CCC2(C)C1OC(C)=O. The van der Waals surface area contributed by atoms with E-state index in [0.717, 1.165) is 38.5 Å². The number of fused-ring (bicyclic) bond motifs is 5. The zero-order valence-electron chi connectivity index (χ0n) is 16.5. The van der Waals surface area contributed by atoms with Gasteiger partial charge in [0.25, 0.3) is 0 Å². The van der Waals surface area contributed by atoms with Gasteiger partial charge in [-0.05, 0) is 68.3 Å². The number of esters is 2. The molecule has 0 aromatic rings. The van der Waals surface area contributed by atoms with Gasteiger partial charge in [0.15, 0.2) is 5.78 Å². The summed E-state index contributed by atoms with van der Waals surface area (Å²) in [6, 6.07) is 0. The smallest absolute Gasteiger partial charge is 0.303 e. The number of ether oxygens (including phenoxy) is 2. The summed E-state index contributed by atoms with van der Waals surface area (Å²) in [6.45, 7) is 5.08. The number of hydrogen-bond acceptors (Lipinski definition) is 5. The molecule has 0 aromatic carbocycles. The average Bonchev–Trinajstić information content (AvgIpc) is 2.85. The Morgan fingerprint density at radius 1 is 1.04 bits per heavy atom. The molecule has 7 unspecified atom stereocenters. The van der Waals surface area contributed by atoms with Gasteiger partial charge in [0.2, 0.25) is 0 Å². The van der Waals surface area contributed by atoms with E-state index in [2.05, 4.69) is 6.92 Å². The average molecular weight is 374 g/mol. The van der Waals surface area contributed by atoms with Gasteiger partial charge >= 0.3 is 11.9 Å². The maximum Gasteiger partial charge on any atom is 0.303 e.